The summed E-state index contributed by atoms with van der Waals surface area (Å²) in [4.78, 5) is 10.6. The van der Waals surface area contributed by atoms with Gasteiger partial charge in [0.25, 0.3) is 0 Å². The van der Waals surface area contributed by atoms with E-state index in [0.29, 0.717) is 0 Å². The minimum Gasteiger partial charge on any atom is -0.388 e. The van der Waals surface area contributed by atoms with E-state index >= 15 is 0 Å². The molecule has 6 heteroatoms. The van der Waals surface area contributed by atoms with Gasteiger partial charge in [-0.25, -0.2) is 0 Å². The first kappa shape index (κ1) is 12.5. The second-order valence-corrected chi connectivity index (χ2v) is 3.69. The highest BCUT2D eigenvalue weighted by Gasteiger charge is 2.42. The summed E-state index contributed by atoms with van der Waals surface area (Å²) in [5.41, 5.74) is 0. The molecule has 15 heavy (non-hydrogen) atoms. The quantitative estimate of drug-likeness (QED) is 0.531. The molecule has 1 aliphatic heterocycles. The lowest BCUT2D eigenvalue weighted by molar-refractivity contribution is -0.291. The number of rotatable bonds is 3. The maximum Gasteiger partial charge on any atom is 0.187 e. The molecule has 0 aromatic rings. The molecule has 1 fully saturated rings. The first-order chi connectivity index (χ1) is 6.93. The summed E-state index contributed by atoms with van der Waals surface area (Å²) in [5.74, 6) is -0.209. The molecule has 0 aromatic carbocycles. The van der Waals surface area contributed by atoms with Crippen LogP contribution in [0.25, 0.3) is 0 Å². The molecule has 3 N–H and O–H groups in total. The van der Waals surface area contributed by atoms with Gasteiger partial charge in [0.15, 0.2) is 12.1 Å². The topological polar surface area (TPSA) is 96.2 Å². The lowest BCUT2D eigenvalue weighted by Crippen LogP contribution is -2.57. The van der Waals surface area contributed by atoms with Gasteiger partial charge in [-0.2, -0.15) is 0 Å². The predicted octanol–water partition coefficient (Wildman–Crippen LogP) is -1.58. The van der Waals surface area contributed by atoms with Crippen LogP contribution >= 0.6 is 0 Å². The van der Waals surface area contributed by atoms with Crippen LogP contribution in [0.2, 0.25) is 0 Å². The second kappa shape index (κ2) is 5.00. The molecule has 0 radical (unpaired) electrons. The van der Waals surface area contributed by atoms with Crippen molar-refractivity contribution in [3.05, 3.63) is 0 Å². The number of carbonyl (C=O) groups is 1. The van der Waals surface area contributed by atoms with Crippen molar-refractivity contribution in [2.75, 3.05) is 6.61 Å². The van der Waals surface area contributed by atoms with E-state index in [-0.39, 0.29) is 12.4 Å². The lowest BCUT2D eigenvalue weighted by atomic mass is 10.0. The third-order valence-electron chi connectivity index (χ3n) is 2.26. The van der Waals surface area contributed by atoms with E-state index in [9.17, 15) is 20.1 Å². The Labute approximate surface area is 87.4 Å². The summed E-state index contributed by atoms with van der Waals surface area (Å²) in [6, 6.07) is 0. The zero-order valence-corrected chi connectivity index (χ0v) is 8.66. The zero-order chi connectivity index (χ0) is 11.6. The Morgan fingerprint density at radius 3 is 2.40 bits per heavy atom. The van der Waals surface area contributed by atoms with Crippen LogP contribution in [-0.2, 0) is 14.3 Å². The maximum atomic E-state index is 10.6. The fraction of sp³-hybridized carbons (Fsp3) is 0.889. The van der Waals surface area contributed by atoms with E-state index < -0.39 is 30.7 Å². The summed E-state index contributed by atoms with van der Waals surface area (Å²) in [5, 5.41) is 28.2. The number of aliphatic hydroxyl groups excluding tert-OH is 3. The lowest BCUT2D eigenvalue weighted by Gasteiger charge is -2.38. The molecule has 5 atom stereocenters. The van der Waals surface area contributed by atoms with Crippen LogP contribution in [0, 0.1) is 0 Å². The SMILES string of the molecule is CC(=O)CO[C@H]1O[C@H](C)[C@H](O)[C@H](O)[C@H]1O. The summed E-state index contributed by atoms with van der Waals surface area (Å²) in [7, 11) is 0. The largest absolute Gasteiger partial charge is 0.388 e. The molecule has 1 heterocycles. The smallest absolute Gasteiger partial charge is 0.187 e. The van der Waals surface area contributed by atoms with Crippen molar-refractivity contribution in [2.45, 2.75) is 44.6 Å². The molecule has 88 valence electrons. The Bertz CT molecular complexity index is 231. The van der Waals surface area contributed by atoms with Crippen molar-refractivity contribution >= 4 is 5.78 Å². The van der Waals surface area contributed by atoms with Gasteiger partial charge in [0.1, 0.15) is 24.9 Å². The summed E-state index contributed by atoms with van der Waals surface area (Å²) in [6.45, 7) is 2.69. The standard InChI is InChI=1S/C9H16O6/c1-4(10)3-14-9-8(13)7(12)6(11)5(2)15-9/h5-9,11-13H,3H2,1-2H3/t5-,6+,7+,8-,9+/m1/s1. The molecule has 6 nitrogen and oxygen atoms in total. The summed E-state index contributed by atoms with van der Waals surface area (Å²) < 4.78 is 10.1. The third kappa shape index (κ3) is 2.96. The number of Topliss-reactive ketones (excluding diaryl/α,β-unsaturated/α-hetero) is 1. The van der Waals surface area contributed by atoms with Gasteiger partial charge in [-0.3, -0.25) is 4.79 Å². The van der Waals surface area contributed by atoms with Gasteiger partial charge in [-0.1, -0.05) is 0 Å². The Kier molecular flexibility index (Phi) is 4.18. The number of ketones is 1. The molecule has 0 aromatic heterocycles. The van der Waals surface area contributed by atoms with Gasteiger partial charge in [-0.05, 0) is 13.8 Å². The average Bonchev–Trinajstić information content (AvgIpc) is 2.18. The van der Waals surface area contributed by atoms with Gasteiger partial charge in [0.05, 0.1) is 6.10 Å². The molecular weight excluding hydrogens is 204 g/mol. The van der Waals surface area contributed by atoms with Crippen LogP contribution < -0.4 is 0 Å². The fourth-order valence-electron chi connectivity index (χ4n) is 1.35. The molecule has 1 aliphatic rings. The highest BCUT2D eigenvalue weighted by atomic mass is 16.7. The van der Waals surface area contributed by atoms with Gasteiger partial charge in [0.2, 0.25) is 0 Å². The van der Waals surface area contributed by atoms with Crippen LogP contribution in [0.3, 0.4) is 0 Å². The normalized spacial score (nSPS) is 41.5. The molecule has 0 bridgehead atoms. The first-order valence-electron chi connectivity index (χ1n) is 4.74. The molecule has 0 aliphatic carbocycles. The van der Waals surface area contributed by atoms with Crippen molar-refractivity contribution in [1.82, 2.24) is 0 Å². The zero-order valence-electron chi connectivity index (χ0n) is 8.66. The number of carbonyl (C=O) groups excluding carboxylic acids is 1. The molecule has 0 unspecified atom stereocenters. The van der Waals surface area contributed by atoms with E-state index in [1.165, 1.54) is 6.92 Å². The van der Waals surface area contributed by atoms with Gasteiger partial charge >= 0.3 is 0 Å². The first-order valence-corrected chi connectivity index (χ1v) is 4.74. The van der Waals surface area contributed by atoms with Gasteiger partial charge in [-0.15, -0.1) is 0 Å². The van der Waals surface area contributed by atoms with Crippen molar-refractivity contribution in [3.8, 4) is 0 Å². The Morgan fingerprint density at radius 1 is 1.27 bits per heavy atom. The Balaban J connectivity index is 2.54. The van der Waals surface area contributed by atoms with Crippen LogP contribution in [0.1, 0.15) is 13.8 Å². The van der Waals surface area contributed by atoms with Crippen molar-refractivity contribution in [2.24, 2.45) is 0 Å². The minimum atomic E-state index is -1.35. The molecule has 0 spiro atoms. The number of hydrogen-bond acceptors (Lipinski definition) is 6. The van der Waals surface area contributed by atoms with E-state index in [1.807, 2.05) is 0 Å². The predicted molar refractivity (Wildman–Crippen MR) is 49.0 cm³/mol. The summed E-state index contributed by atoms with van der Waals surface area (Å²) in [6.07, 6.45) is -5.57. The van der Waals surface area contributed by atoms with Crippen molar-refractivity contribution < 1.29 is 29.6 Å². The Morgan fingerprint density at radius 2 is 1.87 bits per heavy atom. The average molecular weight is 220 g/mol. The number of aliphatic hydroxyl groups is 3. The molecule has 1 saturated heterocycles. The van der Waals surface area contributed by atoms with E-state index in [1.54, 1.807) is 6.92 Å². The highest BCUT2D eigenvalue weighted by molar-refractivity contribution is 5.76. The fourth-order valence-corrected chi connectivity index (χ4v) is 1.35. The Hall–Kier alpha value is -0.530. The molecule has 0 amide bonds. The van der Waals surface area contributed by atoms with Gasteiger partial charge in [0, 0.05) is 0 Å². The highest BCUT2D eigenvalue weighted by Crippen LogP contribution is 2.21. The summed E-state index contributed by atoms with van der Waals surface area (Å²) >= 11 is 0. The van der Waals surface area contributed by atoms with E-state index in [0.717, 1.165) is 0 Å². The maximum absolute atomic E-state index is 10.6. The van der Waals surface area contributed by atoms with Crippen LogP contribution in [0.15, 0.2) is 0 Å². The van der Waals surface area contributed by atoms with E-state index in [2.05, 4.69) is 0 Å². The number of hydrogen-bond donors (Lipinski definition) is 3. The molecular formula is C9H16O6. The van der Waals surface area contributed by atoms with Crippen molar-refractivity contribution in [3.63, 3.8) is 0 Å². The monoisotopic (exact) mass is 220 g/mol. The minimum absolute atomic E-state index is 0.197. The van der Waals surface area contributed by atoms with Gasteiger partial charge < -0.3 is 24.8 Å². The number of ether oxygens (including phenoxy) is 2. The van der Waals surface area contributed by atoms with Crippen LogP contribution in [-0.4, -0.2) is 58.4 Å². The van der Waals surface area contributed by atoms with E-state index in [4.69, 9.17) is 9.47 Å². The third-order valence-corrected chi connectivity index (χ3v) is 2.26. The van der Waals surface area contributed by atoms with Crippen LogP contribution in [0.4, 0.5) is 0 Å². The second-order valence-electron chi connectivity index (χ2n) is 3.69. The molecule has 0 saturated carbocycles. The van der Waals surface area contributed by atoms with Crippen LogP contribution in [0.5, 0.6) is 0 Å². The van der Waals surface area contributed by atoms with Crippen molar-refractivity contribution in [1.29, 1.82) is 0 Å². The molecule has 1 rings (SSSR count).